The summed E-state index contributed by atoms with van der Waals surface area (Å²) in [5.41, 5.74) is 0. The molecule has 0 radical (unpaired) electrons. The van der Waals surface area contributed by atoms with E-state index in [0.29, 0.717) is 12.4 Å². The molecule has 8 heteroatoms. The average Bonchev–Trinajstić information content (AvgIpc) is 2.68. The number of quaternary nitrogens is 1. The van der Waals surface area contributed by atoms with Gasteiger partial charge in [0.15, 0.2) is 0 Å². The van der Waals surface area contributed by atoms with Crippen LogP contribution in [0.2, 0.25) is 0 Å². The average molecular weight is 415 g/mol. The van der Waals surface area contributed by atoms with E-state index in [0.717, 1.165) is 23.1 Å². The van der Waals surface area contributed by atoms with Gasteiger partial charge >= 0.3 is 0 Å². The molecule has 0 saturated carbocycles. The summed E-state index contributed by atoms with van der Waals surface area (Å²) in [6.45, 7) is 1.33. The first-order valence-electron chi connectivity index (χ1n) is 10.2. The second-order valence-corrected chi connectivity index (χ2v) is 8.56. The highest BCUT2D eigenvalue weighted by Gasteiger charge is 2.44. The lowest BCUT2D eigenvalue weighted by Crippen LogP contribution is -2.60. The monoisotopic (exact) mass is 414 g/mol. The molecule has 1 aromatic carbocycles. The van der Waals surface area contributed by atoms with Crippen molar-refractivity contribution in [2.75, 3.05) is 40.9 Å². The Hall–Kier alpha value is -1.42. The van der Waals surface area contributed by atoms with Crippen molar-refractivity contribution in [3.8, 4) is 11.5 Å². The van der Waals surface area contributed by atoms with Crippen LogP contribution in [0.15, 0.2) is 24.3 Å². The fourth-order valence-corrected chi connectivity index (χ4v) is 3.15. The van der Waals surface area contributed by atoms with Gasteiger partial charge in [0.25, 0.3) is 0 Å². The lowest BCUT2D eigenvalue weighted by Gasteiger charge is -2.39. The summed E-state index contributed by atoms with van der Waals surface area (Å²) in [6.07, 6.45) is -1.93. The van der Waals surface area contributed by atoms with E-state index in [4.69, 9.17) is 14.2 Å². The Balaban J connectivity index is 1.72. The first-order valence-corrected chi connectivity index (χ1v) is 10.2. The van der Waals surface area contributed by atoms with Crippen LogP contribution in [0.4, 0.5) is 0 Å². The number of benzene rings is 1. The van der Waals surface area contributed by atoms with Crippen LogP contribution in [0.5, 0.6) is 11.5 Å². The Morgan fingerprint density at radius 3 is 2.10 bits per heavy atom. The van der Waals surface area contributed by atoms with E-state index in [-0.39, 0.29) is 0 Å². The summed E-state index contributed by atoms with van der Waals surface area (Å²) in [4.78, 5) is 0. The summed E-state index contributed by atoms with van der Waals surface area (Å²) in [5.74, 6) is 1.14. The summed E-state index contributed by atoms with van der Waals surface area (Å²) >= 11 is 0. The van der Waals surface area contributed by atoms with Crippen molar-refractivity contribution < 1.29 is 39.1 Å². The van der Waals surface area contributed by atoms with Crippen LogP contribution in [0.25, 0.3) is 0 Å². The van der Waals surface area contributed by atoms with Crippen molar-refractivity contribution >= 4 is 0 Å². The maximum absolute atomic E-state index is 10.0. The second kappa shape index (κ2) is 11.1. The van der Waals surface area contributed by atoms with Gasteiger partial charge in [-0.1, -0.05) is 0 Å². The lowest BCUT2D eigenvalue weighted by atomic mass is 9.99. The maximum atomic E-state index is 10.0. The number of aliphatic hydroxyl groups is 4. The quantitative estimate of drug-likeness (QED) is 0.309. The number of ether oxygens (including phenoxy) is 3. The smallest absolute Gasteiger partial charge is 0.229 e. The molecule has 4 N–H and O–H groups in total. The van der Waals surface area contributed by atoms with E-state index in [1.54, 1.807) is 24.3 Å². The minimum absolute atomic E-state index is 0.419. The number of unbranched alkanes of at least 4 members (excludes halogenated alkanes) is 3. The number of aliphatic hydroxyl groups excluding tert-OH is 4. The van der Waals surface area contributed by atoms with Gasteiger partial charge < -0.3 is 39.1 Å². The van der Waals surface area contributed by atoms with Gasteiger partial charge in [-0.3, -0.25) is 0 Å². The van der Waals surface area contributed by atoms with Crippen molar-refractivity contribution in [2.24, 2.45) is 0 Å². The third-order valence-corrected chi connectivity index (χ3v) is 4.92. The minimum atomic E-state index is -1.46. The molecule has 166 valence electrons. The van der Waals surface area contributed by atoms with Crippen molar-refractivity contribution in [2.45, 2.75) is 56.4 Å². The predicted molar refractivity (Wildman–Crippen MR) is 108 cm³/mol. The molecule has 8 nitrogen and oxygen atoms in total. The largest absolute Gasteiger partial charge is 0.494 e. The molecule has 29 heavy (non-hydrogen) atoms. The Kier molecular flexibility index (Phi) is 9.13. The van der Waals surface area contributed by atoms with Gasteiger partial charge in [0.2, 0.25) is 6.29 Å². The fourth-order valence-electron chi connectivity index (χ4n) is 3.15. The zero-order chi connectivity index (χ0) is 21.4. The molecule has 2 rings (SSSR count). The number of rotatable bonds is 11. The zero-order valence-electron chi connectivity index (χ0n) is 17.6. The molecule has 1 aliphatic rings. The molecule has 1 aliphatic heterocycles. The number of hydrogen-bond donors (Lipinski definition) is 4. The van der Waals surface area contributed by atoms with E-state index in [2.05, 4.69) is 21.1 Å². The Bertz CT molecular complexity index is 588. The van der Waals surface area contributed by atoms with Gasteiger partial charge in [0.1, 0.15) is 35.9 Å². The van der Waals surface area contributed by atoms with Gasteiger partial charge in [-0.05, 0) is 49.9 Å². The highest BCUT2D eigenvalue weighted by atomic mass is 16.7. The van der Waals surface area contributed by atoms with Crippen molar-refractivity contribution in [3.05, 3.63) is 24.3 Å². The van der Waals surface area contributed by atoms with E-state index in [1.807, 2.05) is 0 Å². The number of hydrogen-bond acceptors (Lipinski definition) is 7. The van der Waals surface area contributed by atoms with Gasteiger partial charge in [0.05, 0.1) is 40.9 Å². The summed E-state index contributed by atoms with van der Waals surface area (Å²) in [7, 11) is 6.61. The molecule has 0 bridgehead atoms. The van der Waals surface area contributed by atoms with Crippen molar-refractivity contribution in [1.82, 2.24) is 0 Å². The molecule has 0 spiro atoms. The van der Waals surface area contributed by atoms with Crippen LogP contribution in [0, 0.1) is 0 Å². The van der Waals surface area contributed by atoms with Crippen LogP contribution < -0.4 is 9.47 Å². The Labute approximate surface area is 172 Å². The topological polar surface area (TPSA) is 109 Å². The summed E-state index contributed by atoms with van der Waals surface area (Å²) < 4.78 is 17.6. The standard InChI is InChI=1S/C21H36NO7/c1-22(2,3)12-6-4-5-7-13-27-15-8-10-16(11-9-15)28-21-20(26)19(25)18(24)17(14-23)29-21/h8-11,17-21,23-26H,4-7,12-14H2,1-3H3/q+1/t17-,18-,19+,20-,21-/m1/s1. The van der Waals surface area contributed by atoms with Gasteiger partial charge in [-0.2, -0.15) is 0 Å². The third kappa shape index (κ3) is 7.73. The van der Waals surface area contributed by atoms with Crippen LogP contribution in [-0.4, -0.2) is 96.5 Å². The molecule has 1 aromatic rings. The SMILES string of the molecule is C[N+](C)(C)CCCCCCOc1ccc(O[C@@H]2O[C@H](CO)[C@@H](O)[C@H](O)[C@H]2O)cc1. The predicted octanol–water partition coefficient (Wildman–Crippen LogP) is 0.511. The fraction of sp³-hybridized carbons (Fsp3) is 0.714. The normalized spacial score (nSPS) is 27.6. The lowest BCUT2D eigenvalue weighted by molar-refractivity contribution is -0.870. The summed E-state index contributed by atoms with van der Waals surface area (Å²) in [5, 5.41) is 38.8. The molecule has 1 heterocycles. The van der Waals surface area contributed by atoms with E-state index >= 15 is 0 Å². The minimum Gasteiger partial charge on any atom is -0.494 e. The molecule has 5 atom stereocenters. The molecule has 1 fully saturated rings. The maximum Gasteiger partial charge on any atom is 0.229 e. The zero-order valence-corrected chi connectivity index (χ0v) is 17.6. The van der Waals surface area contributed by atoms with E-state index < -0.39 is 37.3 Å². The van der Waals surface area contributed by atoms with Crippen LogP contribution in [0.3, 0.4) is 0 Å². The van der Waals surface area contributed by atoms with Crippen LogP contribution >= 0.6 is 0 Å². The molecular formula is C21H36NO7+. The molecule has 0 unspecified atom stereocenters. The highest BCUT2D eigenvalue weighted by molar-refractivity contribution is 5.31. The van der Waals surface area contributed by atoms with E-state index in [1.165, 1.54) is 19.4 Å². The molecule has 0 amide bonds. The Morgan fingerprint density at radius 2 is 1.48 bits per heavy atom. The summed E-state index contributed by atoms with van der Waals surface area (Å²) in [6, 6.07) is 6.88. The Morgan fingerprint density at radius 1 is 0.862 bits per heavy atom. The number of nitrogens with zero attached hydrogens (tertiary/aromatic N) is 1. The molecule has 0 aromatic heterocycles. The van der Waals surface area contributed by atoms with Crippen LogP contribution in [0.1, 0.15) is 25.7 Å². The second-order valence-electron chi connectivity index (χ2n) is 8.56. The van der Waals surface area contributed by atoms with Crippen molar-refractivity contribution in [1.29, 1.82) is 0 Å². The first-order chi connectivity index (χ1) is 13.7. The first kappa shape index (κ1) is 23.9. The van der Waals surface area contributed by atoms with Gasteiger partial charge in [-0.25, -0.2) is 0 Å². The van der Waals surface area contributed by atoms with E-state index in [9.17, 15) is 20.4 Å². The molecule has 0 aliphatic carbocycles. The molecular weight excluding hydrogens is 378 g/mol. The van der Waals surface area contributed by atoms with Gasteiger partial charge in [0, 0.05) is 0 Å². The highest BCUT2D eigenvalue weighted by Crippen LogP contribution is 2.25. The van der Waals surface area contributed by atoms with Gasteiger partial charge in [-0.15, -0.1) is 0 Å². The third-order valence-electron chi connectivity index (χ3n) is 4.92. The van der Waals surface area contributed by atoms with Crippen LogP contribution in [-0.2, 0) is 4.74 Å². The molecule has 1 saturated heterocycles. The van der Waals surface area contributed by atoms with Crippen molar-refractivity contribution in [3.63, 3.8) is 0 Å².